The van der Waals surface area contributed by atoms with E-state index in [1.807, 2.05) is 62.1 Å². The number of oxime groups is 1. The number of allylic oxidation sites excluding steroid dienone is 9. The summed E-state index contributed by atoms with van der Waals surface area (Å²) in [5.41, 5.74) is 6.58. The van der Waals surface area contributed by atoms with Crippen LogP contribution in [0, 0.1) is 0 Å². The highest BCUT2D eigenvalue weighted by Gasteiger charge is 2.14. The van der Waals surface area contributed by atoms with E-state index >= 15 is 0 Å². The summed E-state index contributed by atoms with van der Waals surface area (Å²) >= 11 is 2.15. The van der Waals surface area contributed by atoms with Crippen molar-refractivity contribution in [2.24, 2.45) is 5.16 Å². The zero-order chi connectivity index (χ0) is 27.8. The number of aldehydes is 1. The highest BCUT2D eigenvalue weighted by Crippen LogP contribution is 2.34. The highest BCUT2D eigenvalue weighted by molar-refractivity contribution is 14.1. The van der Waals surface area contributed by atoms with Gasteiger partial charge in [0, 0.05) is 12.3 Å². The smallest absolute Gasteiger partial charge is 0.149 e. The lowest BCUT2D eigenvalue weighted by Crippen LogP contribution is -1.98. The van der Waals surface area contributed by atoms with Gasteiger partial charge in [0.25, 0.3) is 0 Å². The van der Waals surface area contributed by atoms with Gasteiger partial charge in [-0.25, -0.2) is 0 Å². The van der Waals surface area contributed by atoms with Crippen LogP contribution in [0.3, 0.4) is 0 Å². The molecular formula is C30H42INO3. The molecule has 0 aliphatic heterocycles. The van der Waals surface area contributed by atoms with Crippen LogP contribution in [0.15, 0.2) is 90.4 Å². The average molecular weight is 592 g/mol. The number of hydrogen-bond donors (Lipinski definition) is 1. The molecule has 35 heavy (non-hydrogen) atoms. The molecule has 0 saturated heterocycles. The summed E-state index contributed by atoms with van der Waals surface area (Å²) < 4.78 is 5.29. The third-order valence-electron chi connectivity index (χ3n) is 4.40. The second kappa shape index (κ2) is 24.2. The largest absolute Gasteiger partial charge is 0.496 e. The average Bonchev–Trinajstić information content (AvgIpc) is 2.90. The minimum absolute atomic E-state index is 0.515. The standard InChI is InChI=1S/C26H30O2.C2H6.CH3I.CH3NO/c1-8-13-21(9-2)24-15-12-14-22(10-3)26(24)23(11-4)19(5)16-17-25(28-7)20(6)18-27;2*1-2;1-2-3/h9-18H,2-3,5,8H2,1,4,6-7H3;1-2H3;1H3;3H,1H2/b17-16-,21-13+,23-11-,25-20-;;;. The maximum atomic E-state index is 11.0. The molecule has 0 spiro atoms. The maximum absolute atomic E-state index is 11.0. The SMILES string of the molecule is C=C/C(=C\CC)c1cccc(C=C)c1/C(=C\C)C(=C)/C=C\C(OC)=C(/C)C=O.C=NO.CC.CI. The molecule has 0 fully saturated rings. The molecule has 0 bridgehead atoms. The third-order valence-corrected chi connectivity index (χ3v) is 4.40. The lowest BCUT2D eigenvalue weighted by Gasteiger charge is -2.18. The molecule has 0 heterocycles. The number of alkyl halides is 1. The first kappa shape index (κ1) is 36.6. The van der Waals surface area contributed by atoms with E-state index in [0.29, 0.717) is 11.3 Å². The molecule has 0 atom stereocenters. The van der Waals surface area contributed by atoms with Gasteiger partial charge >= 0.3 is 0 Å². The summed E-state index contributed by atoms with van der Waals surface area (Å²) in [4.78, 5) is 13.0. The number of carbonyl (C=O) groups is 1. The van der Waals surface area contributed by atoms with Gasteiger partial charge in [-0.1, -0.05) is 112 Å². The number of ether oxygens (including phenoxy) is 1. The molecule has 1 aromatic rings. The Bertz CT molecular complexity index is 935. The topological polar surface area (TPSA) is 58.9 Å². The van der Waals surface area contributed by atoms with Crippen LogP contribution in [0.25, 0.3) is 17.2 Å². The van der Waals surface area contributed by atoms with Crippen LogP contribution in [-0.2, 0) is 9.53 Å². The Kier molecular flexibility index (Phi) is 25.3. The van der Waals surface area contributed by atoms with Gasteiger partial charge in [0.1, 0.15) is 12.0 Å². The molecule has 1 aromatic carbocycles. The first-order chi connectivity index (χ1) is 16.9. The van der Waals surface area contributed by atoms with Crippen LogP contribution < -0.4 is 0 Å². The zero-order valence-corrected chi connectivity index (χ0v) is 24.6. The van der Waals surface area contributed by atoms with Crippen LogP contribution in [-0.4, -0.2) is 30.3 Å². The van der Waals surface area contributed by atoms with Crippen molar-refractivity contribution in [2.75, 3.05) is 12.0 Å². The highest BCUT2D eigenvalue weighted by atomic mass is 127. The molecular weight excluding hydrogens is 549 g/mol. The van der Waals surface area contributed by atoms with Crippen LogP contribution >= 0.6 is 22.6 Å². The van der Waals surface area contributed by atoms with Gasteiger partial charge in [-0.15, -0.1) is 5.16 Å². The number of carbonyl (C=O) groups excluding carboxylic acids is 1. The van der Waals surface area contributed by atoms with Gasteiger partial charge < -0.3 is 9.94 Å². The van der Waals surface area contributed by atoms with E-state index in [4.69, 9.17) is 9.94 Å². The molecule has 4 nitrogen and oxygen atoms in total. The fraction of sp³-hybridized carbons (Fsp3) is 0.267. The number of benzene rings is 1. The molecule has 5 heteroatoms. The van der Waals surface area contributed by atoms with E-state index in [1.54, 1.807) is 20.1 Å². The predicted octanol–water partition coefficient (Wildman–Crippen LogP) is 9.10. The lowest BCUT2D eigenvalue weighted by atomic mass is 9.86. The second-order valence-electron chi connectivity index (χ2n) is 6.32. The molecule has 0 aliphatic rings. The first-order valence-electron chi connectivity index (χ1n) is 11.2. The van der Waals surface area contributed by atoms with Gasteiger partial charge in [0.2, 0.25) is 0 Å². The normalized spacial score (nSPS) is 11.2. The first-order valence-corrected chi connectivity index (χ1v) is 13.4. The Hall–Kier alpha value is -2.93. The Balaban J connectivity index is -0.00000132. The van der Waals surface area contributed by atoms with Crippen molar-refractivity contribution in [3.63, 3.8) is 0 Å². The molecule has 0 aromatic heterocycles. The van der Waals surface area contributed by atoms with E-state index in [-0.39, 0.29) is 0 Å². The summed E-state index contributed by atoms with van der Waals surface area (Å²) in [6.45, 7) is 24.7. The van der Waals surface area contributed by atoms with Crippen LogP contribution in [0.1, 0.15) is 57.7 Å². The molecule has 1 N–H and O–H groups in total. The van der Waals surface area contributed by atoms with Gasteiger partial charge in [0.05, 0.1) is 7.11 Å². The Morgan fingerprint density at radius 1 is 1.20 bits per heavy atom. The quantitative estimate of drug-likeness (QED) is 0.0340. The zero-order valence-electron chi connectivity index (χ0n) is 22.4. The van der Waals surface area contributed by atoms with Crippen LogP contribution in [0.4, 0.5) is 0 Å². The van der Waals surface area contributed by atoms with Gasteiger partial charge in [0.15, 0.2) is 0 Å². The molecule has 0 saturated carbocycles. The molecule has 192 valence electrons. The van der Waals surface area contributed by atoms with Crippen LogP contribution in [0.5, 0.6) is 0 Å². The van der Waals surface area contributed by atoms with Crippen molar-refractivity contribution in [3.05, 3.63) is 102 Å². The summed E-state index contributed by atoms with van der Waals surface area (Å²) in [5, 5.41) is 9.33. The summed E-state index contributed by atoms with van der Waals surface area (Å²) in [5.74, 6) is 0.515. The number of rotatable bonds is 10. The predicted molar refractivity (Wildman–Crippen MR) is 165 cm³/mol. The van der Waals surface area contributed by atoms with Gasteiger partial charge in [-0.05, 0) is 64.7 Å². The van der Waals surface area contributed by atoms with Crippen molar-refractivity contribution in [1.82, 2.24) is 0 Å². The number of halogens is 1. The van der Waals surface area contributed by atoms with E-state index in [1.165, 1.54) is 0 Å². The summed E-state index contributed by atoms with van der Waals surface area (Å²) in [6.07, 6.45) is 13.2. The Morgan fingerprint density at radius 2 is 1.77 bits per heavy atom. The fourth-order valence-corrected chi connectivity index (χ4v) is 2.98. The molecule has 0 radical (unpaired) electrons. The summed E-state index contributed by atoms with van der Waals surface area (Å²) in [7, 11) is 1.54. The number of hydrogen-bond acceptors (Lipinski definition) is 4. The van der Waals surface area contributed by atoms with E-state index in [0.717, 1.165) is 46.1 Å². The van der Waals surface area contributed by atoms with E-state index in [2.05, 4.69) is 73.3 Å². The molecule has 0 amide bonds. The molecule has 0 aliphatic carbocycles. The van der Waals surface area contributed by atoms with Gasteiger partial charge in [-0.2, -0.15) is 0 Å². The minimum atomic E-state index is 0.515. The lowest BCUT2D eigenvalue weighted by molar-refractivity contribution is -0.105. The van der Waals surface area contributed by atoms with Crippen molar-refractivity contribution < 1.29 is 14.7 Å². The second-order valence-corrected chi connectivity index (χ2v) is 6.32. The Labute approximate surface area is 227 Å². The third kappa shape index (κ3) is 12.9. The van der Waals surface area contributed by atoms with Crippen LogP contribution in [0.2, 0.25) is 0 Å². The van der Waals surface area contributed by atoms with Crippen molar-refractivity contribution in [2.45, 2.75) is 41.0 Å². The monoisotopic (exact) mass is 591 g/mol. The van der Waals surface area contributed by atoms with E-state index in [9.17, 15) is 4.79 Å². The molecule has 0 unspecified atom stereocenters. The number of nitrogens with zero attached hydrogens (tertiary/aromatic N) is 1. The van der Waals surface area contributed by atoms with Crippen molar-refractivity contribution >= 4 is 52.8 Å². The van der Waals surface area contributed by atoms with Crippen molar-refractivity contribution in [3.8, 4) is 0 Å². The summed E-state index contributed by atoms with van der Waals surface area (Å²) in [6, 6.07) is 6.15. The van der Waals surface area contributed by atoms with Crippen molar-refractivity contribution in [1.29, 1.82) is 0 Å². The van der Waals surface area contributed by atoms with E-state index < -0.39 is 0 Å². The Morgan fingerprint density at radius 3 is 2.17 bits per heavy atom. The molecule has 1 rings (SSSR count). The fourth-order valence-electron chi connectivity index (χ4n) is 2.98. The van der Waals surface area contributed by atoms with Gasteiger partial charge in [-0.3, -0.25) is 4.79 Å². The maximum Gasteiger partial charge on any atom is 0.149 e. The minimum Gasteiger partial charge on any atom is -0.496 e. The number of methoxy groups -OCH3 is 1.